The van der Waals surface area contributed by atoms with Crippen LogP contribution in [0.3, 0.4) is 0 Å². The molecular formula is C14H13N3O. The summed E-state index contributed by atoms with van der Waals surface area (Å²) in [7, 11) is 0. The van der Waals surface area contributed by atoms with Crippen LogP contribution in [-0.2, 0) is 4.79 Å². The van der Waals surface area contributed by atoms with Gasteiger partial charge in [-0.2, -0.15) is 0 Å². The third-order valence-corrected chi connectivity index (χ3v) is 2.98. The van der Waals surface area contributed by atoms with Crippen LogP contribution < -0.4 is 11.1 Å². The van der Waals surface area contributed by atoms with E-state index in [4.69, 9.17) is 5.73 Å². The van der Waals surface area contributed by atoms with E-state index in [1.165, 1.54) is 5.39 Å². The smallest absolute Gasteiger partial charge is 0.238 e. The second kappa shape index (κ2) is 4.16. The van der Waals surface area contributed by atoms with E-state index in [9.17, 15) is 4.79 Å². The van der Waals surface area contributed by atoms with Crippen molar-refractivity contribution < 1.29 is 4.79 Å². The Labute approximate surface area is 104 Å². The number of benzene rings is 2. The van der Waals surface area contributed by atoms with Crippen molar-refractivity contribution >= 4 is 33.4 Å². The topological polar surface area (TPSA) is 70.9 Å². The Morgan fingerprint density at radius 1 is 1.11 bits per heavy atom. The van der Waals surface area contributed by atoms with E-state index in [1.807, 2.05) is 36.4 Å². The number of para-hydroxylation sites is 1. The Morgan fingerprint density at radius 3 is 2.72 bits per heavy atom. The molecule has 4 N–H and O–H groups in total. The third kappa shape index (κ3) is 1.72. The minimum absolute atomic E-state index is 0.00919. The molecule has 1 amide bonds. The second-order valence-corrected chi connectivity index (χ2v) is 4.18. The lowest BCUT2D eigenvalue weighted by Gasteiger charge is -2.02. The largest absolute Gasteiger partial charge is 0.354 e. The fourth-order valence-corrected chi connectivity index (χ4v) is 2.14. The molecule has 1 heterocycles. The van der Waals surface area contributed by atoms with Crippen molar-refractivity contribution in [2.75, 3.05) is 11.9 Å². The van der Waals surface area contributed by atoms with Gasteiger partial charge in [-0.25, -0.2) is 0 Å². The maximum absolute atomic E-state index is 11.2. The van der Waals surface area contributed by atoms with E-state index in [2.05, 4.69) is 16.4 Å². The molecule has 2 aromatic carbocycles. The van der Waals surface area contributed by atoms with Crippen molar-refractivity contribution in [1.29, 1.82) is 0 Å². The zero-order valence-corrected chi connectivity index (χ0v) is 9.73. The van der Waals surface area contributed by atoms with E-state index in [-0.39, 0.29) is 12.5 Å². The maximum Gasteiger partial charge on any atom is 0.238 e. The van der Waals surface area contributed by atoms with Crippen LogP contribution in [0.25, 0.3) is 21.8 Å². The molecule has 0 aliphatic heterocycles. The van der Waals surface area contributed by atoms with Gasteiger partial charge < -0.3 is 16.0 Å². The van der Waals surface area contributed by atoms with Crippen molar-refractivity contribution in [3.05, 3.63) is 42.5 Å². The fourth-order valence-electron chi connectivity index (χ4n) is 2.14. The molecule has 4 heteroatoms. The zero-order valence-electron chi connectivity index (χ0n) is 9.73. The molecule has 0 unspecified atom stereocenters. The van der Waals surface area contributed by atoms with Crippen LogP contribution in [0.1, 0.15) is 0 Å². The first-order valence-electron chi connectivity index (χ1n) is 5.78. The van der Waals surface area contributed by atoms with Gasteiger partial charge in [0, 0.05) is 27.5 Å². The third-order valence-electron chi connectivity index (χ3n) is 2.98. The predicted molar refractivity (Wildman–Crippen MR) is 73.5 cm³/mol. The Kier molecular flexibility index (Phi) is 2.50. The van der Waals surface area contributed by atoms with Crippen LogP contribution in [0.2, 0.25) is 0 Å². The number of hydrogen-bond donors (Lipinski definition) is 3. The first kappa shape index (κ1) is 10.8. The summed E-state index contributed by atoms with van der Waals surface area (Å²) in [6.45, 7) is -0.00919. The van der Waals surface area contributed by atoms with Gasteiger partial charge in [0.25, 0.3) is 0 Å². The van der Waals surface area contributed by atoms with E-state index in [1.54, 1.807) is 0 Å². The Balaban J connectivity index is 2.12. The number of hydrogen-bond acceptors (Lipinski definition) is 2. The summed E-state index contributed by atoms with van der Waals surface area (Å²) in [6.07, 6.45) is 0. The monoisotopic (exact) mass is 239 g/mol. The quantitative estimate of drug-likeness (QED) is 0.641. The SMILES string of the molecule is NCC(=O)Nc1ccc2c(c1)[nH]c1ccccc12. The normalized spacial score (nSPS) is 10.9. The van der Waals surface area contributed by atoms with Gasteiger partial charge in [0.1, 0.15) is 0 Å². The summed E-state index contributed by atoms with van der Waals surface area (Å²) in [4.78, 5) is 14.6. The minimum atomic E-state index is -0.189. The Hall–Kier alpha value is -2.33. The summed E-state index contributed by atoms with van der Waals surface area (Å²) in [5, 5.41) is 5.08. The summed E-state index contributed by atoms with van der Waals surface area (Å²) < 4.78 is 0. The molecule has 1 aromatic heterocycles. The van der Waals surface area contributed by atoms with Gasteiger partial charge in [0.15, 0.2) is 0 Å². The fraction of sp³-hybridized carbons (Fsp3) is 0.0714. The summed E-state index contributed by atoms with van der Waals surface area (Å²) in [6, 6.07) is 13.9. The van der Waals surface area contributed by atoms with Crippen molar-refractivity contribution in [1.82, 2.24) is 4.98 Å². The maximum atomic E-state index is 11.2. The number of nitrogens with two attached hydrogens (primary N) is 1. The van der Waals surface area contributed by atoms with Gasteiger partial charge in [-0.05, 0) is 18.2 Å². The highest BCUT2D eigenvalue weighted by molar-refractivity contribution is 6.08. The van der Waals surface area contributed by atoms with E-state index in [0.717, 1.165) is 22.1 Å². The lowest BCUT2D eigenvalue weighted by atomic mass is 10.1. The number of aromatic amines is 1. The molecule has 3 aromatic rings. The van der Waals surface area contributed by atoms with Crippen LogP contribution in [0.4, 0.5) is 5.69 Å². The minimum Gasteiger partial charge on any atom is -0.354 e. The molecule has 90 valence electrons. The van der Waals surface area contributed by atoms with Crippen molar-refractivity contribution in [3.8, 4) is 0 Å². The highest BCUT2D eigenvalue weighted by Crippen LogP contribution is 2.27. The Bertz CT molecular complexity index is 730. The Morgan fingerprint density at radius 2 is 1.89 bits per heavy atom. The summed E-state index contributed by atoms with van der Waals surface area (Å²) >= 11 is 0. The molecule has 0 bridgehead atoms. The van der Waals surface area contributed by atoms with Gasteiger partial charge in [-0.15, -0.1) is 0 Å². The lowest BCUT2D eigenvalue weighted by Crippen LogP contribution is -2.21. The molecule has 18 heavy (non-hydrogen) atoms. The molecule has 3 rings (SSSR count). The van der Waals surface area contributed by atoms with Crippen LogP contribution in [0.5, 0.6) is 0 Å². The molecule has 0 aliphatic rings. The number of H-pyrrole nitrogens is 1. The molecule has 0 radical (unpaired) electrons. The van der Waals surface area contributed by atoms with Crippen molar-refractivity contribution in [3.63, 3.8) is 0 Å². The summed E-state index contributed by atoms with van der Waals surface area (Å²) in [5.74, 6) is -0.189. The number of fused-ring (bicyclic) bond motifs is 3. The summed E-state index contributed by atoms with van der Waals surface area (Å²) in [5.41, 5.74) is 8.13. The molecular weight excluding hydrogens is 226 g/mol. The standard InChI is InChI=1S/C14H13N3O/c15-8-14(18)16-9-5-6-11-10-3-1-2-4-12(10)17-13(11)7-9/h1-7,17H,8,15H2,(H,16,18). The van der Waals surface area contributed by atoms with Crippen molar-refractivity contribution in [2.24, 2.45) is 5.73 Å². The molecule has 0 spiro atoms. The number of aromatic nitrogens is 1. The molecule has 0 aliphatic carbocycles. The van der Waals surface area contributed by atoms with Gasteiger partial charge in [0.2, 0.25) is 5.91 Å². The number of nitrogens with one attached hydrogen (secondary N) is 2. The zero-order chi connectivity index (χ0) is 12.5. The average Bonchev–Trinajstić information content (AvgIpc) is 2.76. The molecule has 0 saturated heterocycles. The van der Waals surface area contributed by atoms with Gasteiger partial charge in [-0.3, -0.25) is 4.79 Å². The van der Waals surface area contributed by atoms with E-state index < -0.39 is 0 Å². The molecule has 4 nitrogen and oxygen atoms in total. The van der Waals surface area contributed by atoms with Crippen LogP contribution >= 0.6 is 0 Å². The number of carbonyl (C=O) groups excluding carboxylic acids is 1. The van der Waals surface area contributed by atoms with Crippen molar-refractivity contribution in [2.45, 2.75) is 0 Å². The first-order chi connectivity index (χ1) is 8.78. The number of rotatable bonds is 2. The van der Waals surface area contributed by atoms with Gasteiger partial charge >= 0.3 is 0 Å². The highest BCUT2D eigenvalue weighted by Gasteiger charge is 2.05. The van der Waals surface area contributed by atoms with E-state index in [0.29, 0.717) is 0 Å². The lowest BCUT2D eigenvalue weighted by molar-refractivity contribution is -0.114. The van der Waals surface area contributed by atoms with Crippen LogP contribution in [0.15, 0.2) is 42.5 Å². The predicted octanol–water partition coefficient (Wildman–Crippen LogP) is 2.22. The van der Waals surface area contributed by atoms with Gasteiger partial charge in [0.05, 0.1) is 6.54 Å². The van der Waals surface area contributed by atoms with Gasteiger partial charge in [-0.1, -0.05) is 24.3 Å². The second-order valence-electron chi connectivity index (χ2n) is 4.18. The number of amides is 1. The molecule has 0 atom stereocenters. The highest BCUT2D eigenvalue weighted by atomic mass is 16.1. The molecule has 0 saturated carbocycles. The van der Waals surface area contributed by atoms with E-state index >= 15 is 0 Å². The average molecular weight is 239 g/mol. The van der Waals surface area contributed by atoms with Crippen LogP contribution in [0, 0.1) is 0 Å². The van der Waals surface area contributed by atoms with Crippen LogP contribution in [-0.4, -0.2) is 17.4 Å². The first-order valence-corrected chi connectivity index (χ1v) is 5.78. The number of carbonyl (C=O) groups is 1. The number of anilines is 1. The molecule has 0 fully saturated rings.